The molecule has 9 heteroatoms. The van der Waals surface area contributed by atoms with Crippen LogP contribution in [0.2, 0.25) is 0 Å². The van der Waals surface area contributed by atoms with E-state index in [9.17, 15) is 32.7 Å². The highest BCUT2D eigenvalue weighted by atomic mass is 19.4. The Morgan fingerprint density at radius 1 is 0.922 bits per heavy atom. The third-order valence-electron chi connectivity index (χ3n) is 13.8. The van der Waals surface area contributed by atoms with Crippen LogP contribution < -0.4 is 0 Å². The van der Waals surface area contributed by atoms with Crippen LogP contribution in [-0.2, 0) is 30.0 Å². The summed E-state index contributed by atoms with van der Waals surface area (Å²) in [5.41, 5.74) is 2.49. The Kier molecular flexibility index (Phi) is 9.16. The van der Waals surface area contributed by atoms with E-state index in [0.29, 0.717) is 17.6 Å². The van der Waals surface area contributed by atoms with E-state index in [0.717, 1.165) is 74.3 Å². The Labute approximate surface area is 298 Å². The highest BCUT2D eigenvalue weighted by Crippen LogP contribution is 2.75. The number of ether oxygens (including phenoxy) is 2. The third-order valence-corrected chi connectivity index (χ3v) is 13.8. The van der Waals surface area contributed by atoms with Gasteiger partial charge < -0.3 is 14.6 Å². The summed E-state index contributed by atoms with van der Waals surface area (Å²) in [6.07, 6.45) is 10.7. The van der Waals surface area contributed by atoms with E-state index in [4.69, 9.17) is 9.47 Å². The minimum absolute atomic E-state index is 0.0400. The first-order chi connectivity index (χ1) is 23.8. The van der Waals surface area contributed by atoms with Gasteiger partial charge in [-0.15, -0.1) is 0 Å². The maximum absolute atomic E-state index is 13.7. The Bertz CT molecular complexity index is 1800. The molecule has 5 aliphatic rings. The number of ketones is 1. The summed E-state index contributed by atoms with van der Waals surface area (Å²) < 4.78 is 49.3. The Balaban J connectivity index is 1.09. The molecule has 0 aliphatic heterocycles. The average Bonchev–Trinajstić information content (AvgIpc) is 3.08. The number of hydrogen-bond donors (Lipinski definition) is 1. The smallest absolute Gasteiger partial charge is 0.416 e. The van der Waals surface area contributed by atoms with Gasteiger partial charge in [0, 0.05) is 23.5 Å². The standard InChI is InChI=1S/C42H49F3O6/c1-26-29-13-14-32-39(4,30(29)24-31(46)35(26)48)19-21-41(6)33-25-38(3,17-16-37(33,2)18-20-40(32,41)5)36(49)51-23-7-22-50-34(47)15-10-27-8-11-28(12-9-27)42(43,44)45/h8-15,24,33,48H,7,16-23,25H2,1-6H3/b15-10+/t33-,37-,38-,39+,40-,41+/m1/s1. The molecule has 1 N–H and O–H groups in total. The van der Waals surface area contributed by atoms with Crippen LogP contribution in [0.1, 0.15) is 104 Å². The molecular weight excluding hydrogens is 657 g/mol. The summed E-state index contributed by atoms with van der Waals surface area (Å²) in [7, 11) is 0. The normalized spacial score (nSPS) is 34.7. The lowest BCUT2D eigenvalue weighted by Crippen LogP contribution is -2.62. The summed E-state index contributed by atoms with van der Waals surface area (Å²) in [6.45, 7) is 13.5. The zero-order chi connectivity index (χ0) is 37.2. The Hall–Kier alpha value is -3.88. The number of hydrogen-bond acceptors (Lipinski definition) is 6. The van der Waals surface area contributed by atoms with Gasteiger partial charge in [-0.2, -0.15) is 13.2 Å². The fraction of sp³-hybridized carbons (Fsp3) is 0.548. The minimum Gasteiger partial charge on any atom is -0.504 e. The van der Waals surface area contributed by atoms with Crippen molar-refractivity contribution in [3.05, 3.63) is 87.7 Å². The van der Waals surface area contributed by atoms with E-state index in [1.807, 2.05) is 13.8 Å². The van der Waals surface area contributed by atoms with Crippen molar-refractivity contribution in [1.82, 2.24) is 0 Å². The predicted octanol–water partition coefficient (Wildman–Crippen LogP) is 9.82. The molecule has 3 fully saturated rings. The number of benzene rings is 1. The number of esters is 2. The molecule has 0 heterocycles. The van der Waals surface area contributed by atoms with Gasteiger partial charge in [-0.05, 0) is 122 Å². The summed E-state index contributed by atoms with van der Waals surface area (Å²) in [5, 5.41) is 10.4. The van der Waals surface area contributed by atoms with Crippen molar-refractivity contribution in [3.8, 4) is 0 Å². The summed E-state index contributed by atoms with van der Waals surface area (Å²) >= 11 is 0. The molecule has 0 bridgehead atoms. The van der Waals surface area contributed by atoms with Gasteiger partial charge in [0.1, 0.15) is 0 Å². The quantitative estimate of drug-likeness (QED) is 0.173. The second kappa shape index (κ2) is 12.7. The van der Waals surface area contributed by atoms with Gasteiger partial charge >= 0.3 is 18.1 Å². The van der Waals surface area contributed by atoms with Crippen molar-refractivity contribution >= 4 is 23.8 Å². The molecular formula is C42H49F3O6. The second-order valence-electron chi connectivity index (χ2n) is 16.7. The number of rotatable bonds is 7. The number of alkyl halides is 3. The first-order valence-corrected chi connectivity index (χ1v) is 18.1. The van der Waals surface area contributed by atoms with Gasteiger partial charge in [-0.3, -0.25) is 9.59 Å². The number of aliphatic hydroxyl groups excluding tert-OH is 1. The number of carbonyl (C=O) groups excluding carboxylic acids is 3. The Morgan fingerprint density at radius 3 is 2.27 bits per heavy atom. The van der Waals surface area contributed by atoms with Crippen LogP contribution in [0.3, 0.4) is 0 Å². The van der Waals surface area contributed by atoms with Crippen LogP contribution in [0.15, 0.2) is 76.6 Å². The van der Waals surface area contributed by atoms with Gasteiger partial charge in [0.15, 0.2) is 5.76 Å². The lowest BCUT2D eigenvalue weighted by molar-refractivity contribution is -0.182. The number of carbonyl (C=O) groups is 3. The van der Waals surface area contributed by atoms with Gasteiger partial charge in [-0.25, -0.2) is 4.79 Å². The molecule has 6 atom stereocenters. The van der Waals surface area contributed by atoms with Crippen LogP contribution >= 0.6 is 0 Å². The zero-order valence-corrected chi connectivity index (χ0v) is 30.5. The summed E-state index contributed by atoms with van der Waals surface area (Å²) in [4.78, 5) is 38.7. The highest BCUT2D eigenvalue weighted by Gasteiger charge is 2.67. The molecule has 274 valence electrons. The molecule has 0 amide bonds. The van der Waals surface area contributed by atoms with E-state index in [1.54, 1.807) is 6.08 Å². The zero-order valence-electron chi connectivity index (χ0n) is 30.5. The van der Waals surface area contributed by atoms with Crippen molar-refractivity contribution in [2.45, 2.75) is 99.1 Å². The largest absolute Gasteiger partial charge is 0.504 e. The lowest BCUT2D eigenvalue weighted by atomic mass is 9.34. The summed E-state index contributed by atoms with van der Waals surface area (Å²) in [6, 6.07) is 4.47. The SMILES string of the molecule is CC1=C(O)C(=O)C=C2C1=CC=C1[C@@]2(C)CC[C@@]2(C)[C@@H]3C[C@](C)(C(=O)OCCCOC(=O)/C=C/c4ccc(C(F)(F)F)cc4)CC[C@]3(C)CC[C@]12C. The fourth-order valence-electron chi connectivity index (χ4n) is 10.2. The lowest BCUT2D eigenvalue weighted by Gasteiger charge is -2.70. The predicted molar refractivity (Wildman–Crippen MR) is 188 cm³/mol. The number of aliphatic hydroxyl groups is 1. The molecule has 3 saturated carbocycles. The van der Waals surface area contributed by atoms with Gasteiger partial charge in [0.05, 0.1) is 24.2 Å². The molecule has 51 heavy (non-hydrogen) atoms. The molecule has 0 aromatic heterocycles. The second-order valence-corrected chi connectivity index (χ2v) is 16.7. The van der Waals surface area contributed by atoms with Gasteiger partial charge in [0.25, 0.3) is 0 Å². The van der Waals surface area contributed by atoms with E-state index in [2.05, 4.69) is 39.8 Å². The third kappa shape index (κ3) is 6.12. The highest BCUT2D eigenvalue weighted by molar-refractivity contribution is 6.06. The van der Waals surface area contributed by atoms with Crippen LogP contribution in [0.25, 0.3) is 6.08 Å². The average molecular weight is 707 g/mol. The fourth-order valence-corrected chi connectivity index (χ4v) is 10.2. The molecule has 1 aromatic carbocycles. The van der Waals surface area contributed by atoms with Crippen molar-refractivity contribution in [1.29, 1.82) is 0 Å². The van der Waals surface area contributed by atoms with E-state index in [-0.39, 0.29) is 58.3 Å². The molecule has 6 nitrogen and oxygen atoms in total. The molecule has 0 spiro atoms. The maximum atomic E-state index is 13.7. The molecule has 5 aliphatic carbocycles. The molecule has 0 radical (unpaired) electrons. The van der Waals surface area contributed by atoms with Crippen molar-refractivity contribution in [2.24, 2.45) is 33.0 Å². The molecule has 6 rings (SSSR count). The molecule has 1 aromatic rings. The number of fused-ring (bicyclic) bond motifs is 7. The van der Waals surface area contributed by atoms with Crippen molar-refractivity contribution in [2.75, 3.05) is 13.2 Å². The minimum atomic E-state index is -4.43. The molecule has 0 saturated heterocycles. The van der Waals surface area contributed by atoms with E-state index >= 15 is 0 Å². The first-order valence-electron chi connectivity index (χ1n) is 18.1. The summed E-state index contributed by atoms with van der Waals surface area (Å²) in [5.74, 6) is -1.09. The Morgan fingerprint density at radius 2 is 1.59 bits per heavy atom. The topological polar surface area (TPSA) is 89.9 Å². The monoisotopic (exact) mass is 706 g/mol. The van der Waals surface area contributed by atoms with Gasteiger partial charge in [-0.1, -0.05) is 57.6 Å². The van der Waals surface area contributed by atoms with Crippen molar-refractivity contribution in [3.63, 3.8) is 0 Å². The van der Waals surface area contributed by atoms with E-state index < -0.39 is 23.1 Å². The molecule has 0 unspecified atom stereocenters. The van der Waals surface area contributed by atoms with Crippen LogP contribution in [-0.4, -0.2) is 36.0 Å². The van der Waals surface area contributed by atoms with Crippen molar-refractivity contribution < 1.29 is 42.1 Å². The van der Waals surface area contributed by atoms with Crippen LogP contribution in [0.4, 0.5) is 13.2 Å². The number of halogens is 3. The van der Waals surface area contributed by atoms with Crippen LogP contribution in [0, 0.1) is 33.0 Å². The van der Waals surface area contributed by atoms with E-state index in [1.165, 1.54) is 23.8 Å². The number of allylic oxidation sites excluding steroid dienone is 7. The van der Waals surface area contributed by atoms with Crippen LogP contribution in [0.5, 0.6) is 0 Å². The first kappa shape index (κ1) is 36.9. The maximum Gasteiger partial charge on any atom is 0.416 e. The van der Waals surface area contributed by atoms with Gasteiger partial charge in [0.2, 0.25) is 5.78 Å².